The number of amides is 1. The van der Waals surface area contributed by atoms with Crippen molar-refractivity contribution in [1.82, 2.24) is 5.32 Å². The van der Waals surface area contributed by atoms with Crippen LogP contribution in [0.25, 0.3) is 0 Å². The normalized spacial score (nSPS) is 20.5. The van der Waals surface area contributed by atoms with Crippen LogP contribution in [0.1, 0.15) is 31.0 Å². The zero-order valence-electron chi connectivity index (χ0n) is 8.58. The standard InChI is InChI=1S/C12H15NO/c1-8(2)12-10-6-4-3-5-9(10)7-11(14)13-12/h3-6,8,12H,7H2,1-2H3,(H,13,14)/t12-/m0/s1. The molecule has 0 radical (unpaired) electrons. The van der Waals surface area contributed by atoms with Crippen molar-refractivity contribution < 1.29 is 4.79 Å². The van der Waals surface area contributed by atoms with Gasteiger partial charge in [-0.2, -0.15) is 0 Å². The van der Waals surface area contributed by atoms with Gasteiger partial charge in [-0.15, -0.1) is 0 Å². The molecule has 0 aliphatic carbocycles. The van der Waals surface area contributed by atoms with Gasteiger partial charge in [-0.05, 0) is 17.0 Å². The molecule has 1 heterocycles. The summed E-state index contributed by atoms with van der Waals surface area (Å²) in [6.45, 7) is 4.26. The number of hydrogen-bond acceptors (Lipinski definition) is 1. The van der Waals surface area contributed by atoms with E-state index in [9.17, 15) is 4.79 Å². The molecule has 2 rings (SSSR count). The van der Waals surface area contributed by atoms with Crippen molar-refractivity contribution in [1.29, 1.82) is 0 Å². The van der Waals surface area contributed by atoms with Crippen molar-refractivity contribution >= 4 is 5.91 Å². The van der Waals surface area contributed by atoms with Crippen LogP contribution in [0.15, 0.2) is 24.3 Å². The molecular weight excluding hydrogens is 174 g/mol. The summed E-state index contributed by atoms with van der Waals surface area (Å²) in [5.74, 6) is 0.586. The molecule has 1 aromatic rings. The van der Waals surface area contributed by atoms with Crippen molar-refractivity contribution in [2.75, 3.05) is 0 Å². The molecule has 0 saturated heterocycles. The van der Waals surface area contributed by atoms with Gasteiger partial charge >= 0.3 is 0 Å². The number of carbonyl (C=O) groups excluding carboxylic acids is 1. The molecule has 0 bridgehead atoms. The Morgan fingerprint density at radius 2 is 2.07 bits per heavy atom. The lowest BCUT2D eigenvalue weighted by Gasteiger charge is -2.29. The van der Waals surface area contributed by atoms with E-state index in [1.165, 1.54) is 11.1 Å². The van der Waals surface area contributed by atoms with Crippen molar-refractivity contribution in [2.45, 2.75) is 26.3 Å². The van der Waals surface area contributed by atoms with E-state index in [1.807, 2.05) is 18.2 Å². The first-order valence-corrected chi connectivity index (χ1v) is 5.05. The molecule has 1 aromatic carbocycles. The first-order valence-electron chi connectivity index (χ1n) is 5.05. The molecule has 1 aliphatic rings. The lowest BCUT2D eigenvalue weighted by molar-refractivity contribution is -0.122. The predicted molar refractivity (Wildman–Crippen MR) is 55.9 cm³/mol. The van der Waals surface area contributed by atoms with Crippen LogP contribution in [-0.4, -0.2) is 5.91 Å². The SMILES string of the molecule is CC(C)[C@@H]1NC(=O)Cc2ccccc21. The zero-order chi connectivity index (χ0) is 10.1. The molecule has 74 valence electrons. The Morgan fingerprint density at radius 1 is 1.36 bits per heavy atom. The van der Waals surface area contributed by atoms with Crippen molar-refractivity contribution in [3.05, 3.63) is 35.4 Å². The Morgan fingerprint density at radius 3 is 2.79 bits per heavy atom. The van der Waals surface area contributed by atoms with Gasteiger partial charge in [0, 0.05) is 0 Å². The second-order valence-corrected chi connectivity index (χ2v) is 4.16. The molecule has 1 amide bonds. The summed E-state index contributed by atoms with van der Waals surface area (Å²) in [7, 11) is 0. The topological polar surface area (TPSA) is 29.1 Å². The minimum atomic E-state index is 0.141. The van der Waals surface area contributed by atoms with E-state index in [4.69, 9.17) is 0 Å². The molecule has 0 saturated carbocycles. The highest BCUT2D eigenvalue weighted by Gasteiger charge is 2.25. The van der Waals surface area contributed by atoms with Crippen LogP contribution in [0.4, 0.5) is 0 Å². The highest BCUT2D eigenvalue weighted by molar-refractivity contribution is 5.81. The molecule has 0 spiro atoms. The molecule has 1 atom stereocenters. The van der Waals surface area contributed by atoms with Gasteiger partial charge in [0.05, 0.1) is 12.5 Å². The lowest BCUT2D eigenvalue weighted by atomic mass is 9.88. The molecule has 2 heteroatoms. The monoisotopic (exact) mass is 189 g/mol. The summed E-state index contributed by atoms with van der Waals surface area (Å²) in [6, 6.07) is 8.37. The van der Waals surface area contributed by atoms with E-state index in [0.29, 0.717) is 12.3 Å². The summed E-state index contributed by atoms with van der Waals surface area (Å²) in [5.41, 5.74) is 2.46. The van der Waals surface area contributed by atoms with E-state index in [0.717, 1.165) is 0 Å². The second-order valence-electron chi connectivity index (χ2n) is 4.16. The second kappa shape index (κ2) is 3.45. The van der Waals surface area contributed by atoms with Gasteiger partial charge in [-0.1, -0.05) is 38.1 Å². The first kappa shape index (κ1) is 9.25. The number of nitrogens with one attached hydrogen (secondary N) is 1. The minimum absolute atomic E-state index is 0.141. The smallest absolute Gasteiger partial charge is 0.224 e. The predicted octanol–water partition coefficient (Wildman–Crippen LogP) is 2.06. The fourth-order valence-electron chi connectivity index (χ4n) is 2.00. The van der Waals surface area contributed by atoms with E-state index in [-0.39, 0.29) is 11.9 Å². The van der Waals surface area contributed by atoms with E-state index in [1.54, 1.807) is 0 Å². The van der Waals surface area contributed by atoms with Crippen LogP contribution in [0.2, 0.25) is 0 Å². The van der Waals surface area contributed by atoms with E-state index >= 15 is 0 Å². The van der Waals surface area contributed by atoms with Crippen LogP contribution in [0.3, 0.4) is 0 Å². The van der Waals surface area contributed by atoms with Crippen LogP contribution in [-0.2, 0) is 11.2 Å². The number of hydrogen-bond donors (Lipinski definition) is 1. The maximum absolute atomic E-state index is 11.4. The summed E-state index contributed by atoms with van der Waals surface area (Å²) < 4.78 is 0. The summed E-state index contributed by atoms with van der Waals surface area (Å²) in [5, 5.41) is 3.03. The first-order chi connectivity index (χ1) is 6.68. The largest absolute Gasteiger partial charge is 0.349 e. The number of fused-ring (bicyclic) bond motifs is 1. The number of carbonyl (C=O) groups is 1. The molecule has 0 aromatic heterocycles. The Bertz CT molecular complexity index is 357. The summed E-state index contributed by atoms with van der Waals surface area (Å²) in [4.78, 5) is 11.4. The van der Waals surface area contributed by atoms with Gasteiger partial charge in [0.1, 0.15) is 0 Å². The molecule has 1 aliphatic heterocycles. The third-order valence-corrected chi connectivity index (χ3v) is 2.72. The average Bonchev–Trinajstić information content (AvgIpc) is 2.16. The van der Waals surface area contributed by atoms with E-state index in [2.05, 4.69) is 25.2 Å². The third kappa shape index (κ3) is 1.52. The maximum Gasteiger partial charge on any atom is 0.224 e. The molecule has 14 heavy (non-hydrogen) atoms. The molecule has 2 nitrogen and oxygen atoms in total. The van der Waals surface area contributed by atoms with Gasteiger partial charge in [0.2, 0.25) is 5.91 Å². The summed E-state index contributed by atoms with van der Waals surface area (Å²) >= 11 is 0. The molecular formula is C12H15NO. The lowest BCUT2D eigenvalue weighted by Crippen LogP contribution is -2.37. The van der Waals surface area contributed by atoms with Crippen LogP contribution < -0.4 is 5.32 Å². The Kier molecular flexibility index (Phi) is 2.28. The van der Waals surface area contributed by atoms with Gasteiger partial charge < -0.3 is 5.32 Å². The quantitative estimate of drug-likeness (QED) is 0.719. The Labute approximate surface area is 84.3 Å². The minimum Gasteiger partial charge on any atom is -0.349 e. The van der Waals surface area contributed by atoms with Crippen LogP contribution in [0, 0.1) is 5.92 Å². The average molecular weight is 189 g/mol. The van der Waals surface area contributed by atoms with E-state index < -0.39 is 0 Å². The molecule has 1 N–H and O–H groups in total. The Balaban J connectivity index is 2.43. The van der Waals surface area contributed by atoms with Crippen molar-refractivity contribution in [3.8, 4) is 0 Å². The van der Waals surface area contributed by atoms with Gasteiger partial charge in [-0.3, -0.25) is 4.79 Å². The maximum atomic E-state index is 11.4. The highest BCUT2D eigenvalue weighted by atomic mass is 16.1. The fourth-order valence-corrected chi connectivity index (χ4v) is 2.00. The summed E-state index contributed by atoms with van der Waals surface area (Å²) in [6.07, 6.45) is 0.527. The zero-order valence-corrected chi connectivity index (χ0v) is 8.58. The third-order valence-electron chi connectivity index (χ3n) is 2.72. The van der Waals surface area contributed by atoms with Gasteiger partial charge in [0.15, 0.2) is 0 Å². The fraction of sp³-hybridized carbons (Fsp3) is 0.417. The van der Waals surface area contributed by atoms with Crippen LogP contribution in [0.5, 0.6) is 0 Å². The number of rotatable bonds is 1. The Hall–Kier alpha value is -1.31. The van der Waals surface area contributed by atoms with Crippen LogP contribution >= 0.6 is 0 Å². The van der Waals surface area contributed by atoms with Gasteiger partial charge in [-0.25, -0.2) is 0 Å². The number of benzene rings is 1. The van der Waals surface area contributed by atoms with Crippen molar-refractivity contribution in [3.63, 3.8) is 0 Å². The van der Waals surface area contributed by atoms with Crippen molar-refractivity contribution in [2.24, 2.45) is 5.92 Å². The van der Waals surface area contributed by atoms with Gasteiger partial charge in [0.25, 0.3) is 0 Å². The molecule has 0 unspecified atom stereocenters. The molecule has 0 fully saturated rings. The highest BCUT2D eigenvalue weighted by Crippen LogP contribution is 2.28.